The van der Waals surface area contributed by atoms with E-state index in [0.29, 0.717) is 17.0 Å². The summed E-state index contributed by atoms with van der Waals surface area (Å²) in [6, 6.07) is 16.9. The van der Waals surface area contributed by atoms with Crippen LogP contribution in [0.3, 0.4) is 0 Å². The Labute approximate surface area is 147 Å². The highest BCUT2D eigenvalue weighted by molar-refractivity contribution is 7.13. The van der Waals surface area contributed by atoms with Gasteiger partial charge in [0.15, 0.2) is 5.76 Å². The number of thiophene rings is 1. The normalized spacial score (nSPS) is 10.7. The van der Waals surface area contributed by atoms with Crippen molar-refractivity contribution in [3.05, 3.63) is 77.7 Å². The van der Waals surface area contributed by atoms with E-state index in [0.717, 1.165) is 10.4 Å². The molecule has 0 saturated heterocycles. The number of aromatic nitrogens is 1. The van der Waals surface area contributed by atoms with Crippen LogP contribution in [-0.4, -0.2) is 11.1 Å². The highest BCUT2D eigenvalue weighted by Crippen LogP contribution is 2.27. The lowest BCUT2D eigenvalue weighted by Crippen LogP contribution is -2.05. The summed E-state index contributed by atoms with van der Waals surface area (Å²) in [6.45, 7) is 0.0165. The summed E-state index contributed by atoms with van der Waals surface area (Å²) in [4.78, 5) is 13.3. The van der Waals surface area contributed by atoms with Gasteiger partial charge in [-0.15, -0.1) is 11.3 Å². The molecule has 4 rings (SSSR count). The maximum absolute atomic E-state index is 12.3. The Morgan fingerprint density at radius 2 is 2.00 bits per heavy atom. The molecule has 25 heavy (non-hydrogen) atoms. The average Bonchev–Trinajstić information content (AvgIpc) is 3.41. The molecule has 0 unspecified atom stereocenters. The fourth-order valence-corrected chi connectivity index (χ4v) is 3.11. The van der Waals surface area contributed by atoms with Gasteiger partial charge >= 0.3 is 5.97 Å². The first-order chi connectivity index (χ1) is 12.3. The van der Waals surface area contributed by atoms with Crippen LogP contribution in [0.1, 0.15) is 16.2 Å². The molecule has 4 aromatic rings. The second kappa shape index (κ2) is 6.78. The molecular formula is C19H13NO4S. The summed E-state index contributed by atoms with van der Waals surface area (Å²) in [5.74, 6) is 0.293. The van der Waals surface area contributed by atoms with Gasteiger partial charge in [-0.2, -0.15) is 0 Å². The third kappa shape index (κ3) is 3.25. The molecule has 0 spiro atoms. The minimum absolute atomic E-state index is 0.0165. The van der Waals surface area contributed by atoms with Gasteiger partial charge in [0, 0.05) is 11.6 Å². The molecule has 3 heterocycles. The highest BCUT2D eigenvalue weighted by atomic mass is 32.1. The second-order valence-corrected chi connectivity index (χ2v) is 6.21. The van der Waals surface area contributed by atoms with E-state index in [2.05, 4.69) is 5.16 Å². The van der Waals surface area contributed by atoms with Crippen molar-refractivity contribution in [1.29, 1.82) is 0 Å². The molecule has 0 amide bonds. The predicted molar refractivity (Wildman–Crippen MR) is 93.1 cm³/mol. The summed E-state index contributed by atoms with van der Waals surface area (Å²) < 4.78 is 15.9. The SMILES string of the molecule is O=C(OCc1cc(-c2cccs2)on1)c1occc1-c1ccccc1. The van der Waals surface area contributed by atoms with E-state index in [1.165, 1.54) is 6.26 Å². The van der Waals surface area contributed by atoms with Crippen LogP contribution in [0.25, 0.3) is 21.8 Å². The molecule has 3 aromatic heterocycles. The number of ether oxygens (including phenoxy) is 1. The number of esters is 1. The van der Waals surface area contributed by atoms with Crippen LogP contribution in [0.15, 0.2) is 75.2 Å². The van der Waals surface area contributed by atoms with Gasteiger partial charge in [-0.1, -0.05) is 41.6 Å². The Morgan fingerprint density at radius 1 is 1.12 bits per heavy atom. The number of benzene rings is 1. The van der Waals surface area contributed by atoms with Crippen LogP contribution in [0, 0.1) is 0 Å². The Morgan fingerprint density at radius 3 is 2.80 bits per heavy atom. The predicted octanol–water partition coefficient (Wildman–Crippen LogP) is 5.02. The number of carbonyl (C=O) groups is 1. The van der Waals surface area contributed by atoms with E-state index in [1.807, 2.05) is 47.8 Å². The fourth-order valence-electron chi connectivity index (χ4n) is 2.43. The molecule has 0 aliphatic heterocycles. The van der Waals surface area contributed by atoms with Crippen molar-refractivity contribution >= 4 is 17.3 Å². The summed E-state index contributed by atoms with van der Waals surface area (Å²) in [6.07, 6.45) is 1.48. The second-order valence-electron chi connectivity index (χ2n) is 5.27. The lowest BCUT2D eigenvalue weighted by atomic mass is 10.1. The summed E-state index contributed by atoms with van der Waals surface area (Å²) in [7, 11) is 0. The Balaban J connectivity index is 1.46. The van der Waals surface area contributed by atoms with E-state index >= 15 is 0 Å². The van der Waals surface area contributed by atoms with Crippen molar-refractivity contribution in [3.8, 4) is 21.8 Å². The number of furan rings is 1. The summed E-state index contributed by atoms with van der Waals surface area (Å²) in [5, 5.41) is 5.89. The van der Waals surface area contributed by atoms with E-state index in [-0.39, 0.29) is 12.4 Å². The first kappa shape index (κ1) is 15.4. The number of nitrogens with zero attached hydrogens (tertiary/aromatic N) is 1. The largest absolute Gasteiger partial charge is 0.457 e. The topological polar surface area (TPSA) is 65.5 Å². The third-order valence-corrected chi connectivity index (χ3v) is 4.49. The molecule has 0 radical (unpaired) electrons. The lowest BCUT2D eigenvalue weighted by molar-refractivity contribution is 0.0429. The maximum Gasteiger partial charge on any atom is 0.375 e. The number of carbonyl (C=O) groups excluding carboxylic acids is 1. The Kier molecular flexibility index (Phi) is 4.18. The van der Waals surface area contributed by atoms with Crippen molar-refractivity contribution in [2.24, 2.45) is 0 Å². The standard InChI is InChI=1S/C19H13NO4S/c21-19(18-15(8-9-22-18)13-5-2-1-3-6-13)23-12-14-11-16(24-20-14)17-7-4-10-25-17/h1-11H,12H2. The van der Waals surface area contributed by atoms with E-state index < -0.39 is 5.97 Å². The van der Waals surface area contributed by atoms with Crippen molar-refractivity contribution < 1.29 is 18.5 Å². The molecule has 0 bridgehead atoms. The molecule has 5 nitrogen and oxygen atoms in total. The molecule has 0 atom stereocenters. The fraction of sp³-hybridized carbons (Fsp3) is 0.0526. The van der Waals surface area contributed by atoms with Gasteiger partial charge in [0.2, 0.25) is 5.76 Å². The van der Waals surface area contributed by atoms with Crippen molar-refractivity contribution in [2.45, 2.75) is 6.61 Å². The molecular weight excluding hydrogens is 338 g/mol. The first-order valence-corrected chi connectivity index (χ1v) is 8.49. The monoisotopic (exact) mass is 351 g/mol. The number of hydrogen-bond acceptors (Lipinski definition) is 6. The average molecular weight is 351 g/mol. The Bertz CT molecular complexity index is 970. The van der Waals surface area contributed by atoms with Crippen LogP contribution >= 0.6 is 11.3 Å². The van der Waals surface area contributed by atoms with Crippen molar-refractivity contribution in [1.82, 2.24) is 5.16 Å². The zero-order valence-electron chi connectivity index (χ0n) is 13.0. The molecule has 0 N–H and O–H groups in total. The highest BCUT2D eigenvalue weighted by Gasteiger charge is 2.19. The summed E-state index contributed by atoms with van der Waals surface area (Å²) >= 11 is 1.55. The maximum atomic E-state index is 12.3. The first-order valence-electron chi connectivity index (χ1n) is 7.61. The minimum Gasteiger partial charge on any atom is -0.457 e. The molecule has 0 fully saturated rings. The Hall–Kier alpha value is -3.12. The quantitative estimate of drug-likeness (QED) is 0.472. The lowest BCUT2D eigenvalue weighted by Gasteiger charge is -2.03. The molecule has 1 aromatic carbocycles. The van der Waals surface area contributed by atoms with Gasteiger partial charge in [0.1, 0.15) is 12.3 Å². The smallest absolute Gasteiger partial charge is 0.375 e. The number of hydrogen-bond donors (Lipinski definition) is 0. The van der Waals surface area contributed by atoms with Gasteiger partial charge in [-0.05, 0) is 23.1 Å². The van der Waals surface area contributed by atoms with Crippen LogP contribution < -0.4 is 0 Å². The van der Waals surface area contributed by atoms with Gasteiger partial charge in [0.25, 0.3) is 0 Å². The van der Waals surface area contributed by atoms with Gasteiger partial charge in [-0.3, -0.25) is 0 Å². The van der Waals surface area contributed by atoms with Crippen LogP contribution in [-0.2, 0) is 11.3 Å². The molecule has 124 valence electrons. The molecule has 6 heteroatoms. The van der Waals surface area contributed by atoms with E-state index in [1.54, 1.807) is 23.5 Å². The summed E-state index contributed by atoms with van der Waals surface area (Å²) in [5.41, 5.74) is 2.14. The number of rotatable bonds is 5. The van der Waals surface area contributed by atoms with E-state index in [4.69, 9.17) is 13.7 Å². The van der Waals surface area contributed by atoms with Gasteiger partial charge in [0.05, 0.1) is 11.1 Å². The van der Waals surface area contributed by atoms with Crippen molar-refractivity contribution in [3.63, 3.8) is 0 Å². The minimum atomic E-state index is -0.537. The van der Waals surface area contributed by atoms with E-state index in [9.17, 15) is 4.79 Å². The van der Waals surface area contributed by atoms with Crippen LogP contribution in [0.2, 0.25) is 0 Å². The zero-order valence-corrected chi connectivity index (χ0v) is 13.9. The van der Waals surface area contributed by atoms with Crippen LogP contribution in [0.4, 0.5) is 0 Å². The molecule has 0 aliphatic carbocycles. The van der Waals surface area contributed by atoms with Crippen molar-refractivity contribution in [2.75, 3.05) is 0 Å². The zero-order chi connectivity index (χ0) is 17.1. The third-order valence-electron chi connectivity index (χ3n) is 3.61. The van der Waals surface area contributed by atoms with Crippen LogP contribution in [0.5, 0.6) is 0 Å². The van der Waals surface area contributed by atoms with Gasteiger partial charge < -0.3 is 13.7 Å². The molecule has 0 saturated carbocycles. The molecule has 0 aliphatic rings. The van der Waals surface area contributed by atoms with Gasteiger partial charge in [-0.25, -0.2) is 4.79 Å².